The summed E-state index contributed by atoms with van der Waals surface area (Å²) < 4.78 is 0. The average Bonchev–Trinajstić information content (AvgIpc) is 2.74. The Labute approximate surface area is 168 Å². The van der Waals surface area contributed by atoms with E-state index in [1.54, 1.807) is 30.3 Å². The topological polar surface area (TPSA) is 87.2 Å². The van der Waals surface area contributed by atoms with Gasteiger partial charge in [-0.1, -0.05) is 24.3 Å². The smallest absolute Gasteiger partial charge is 0.276 e. The van der Waals surface area contributed by atoms with E-state index in [1.807, 2.05) is 12.1 Å². The summed E-state index contributed by atoms with van der Waals surface area (Å²) in [6.07, 6.45) is 0.967. The van der Waals surface area contributed by atoms with E-state index in [4.69, 9.17) is 0 Å². The van der Waals surface area contributed by atoms with Crippen LogP contribution in [0.3, 0.4) is 0 Å². The maximum Gasteiger partial charge on any atom is 0.276 e. The molecule has 0 saturated carbocycles. The number of hydrogen-bond donors (Lipinski definition) is 2. The van der Waals surface area contributed by atoms with E-state index in [-0.39, 0.29) is 17.5 Å². The number of nitrogens with one attached hydrogen (secondary N) is 2. The van der Waals surface area contributed by atoms with Gasteiger partial charge < -0.3 is 15.5 Å². The van der Waals surface area contributed by atoms with E-state index >= 15 is 0 Å². The fourth-order valence-corrected chi connectivity index (χ4v) is 3.34. The van der Waals surface area contributed by atoms with Crippen molar-refractivity contribution in [1.29, 1.82) is 0 Å². The summed E-state index contributed by atoms with van der Waals surface area (Å²) >= 11 is 0. The third kappa shape index (κ3) is 4.40. The Morgan fingerprint density at radius 3 is 2.21 bits per heavy atom. The highest BCUT2D eigenvalue weighted by atomic mass is 16.2. The Hall–Kier alpha value is -3.74. The van der Waals surface area contributed by atoms with Crippen molar-refractivity contribution < 1.29 is 9.59 Å². The van der Waals surface area contributed by atoms with Crippen LogP contribution >= 0.6 is 0 Å². The number of amides is 2. The van der Waals surface area contributed by atoms with Gasteiger partial charge in [0.1, 0.15) is 0 Å². The second-order valence-corrected chi connectivity index (χ2v) is 6.93. The van der Waals surface area contributed by atoms with E-state index in [9.17, 15) is 9.59 Å². The number of hydrogen-bond acceptors (Lipinski definition) is 5. The first-order valence-corrected chi connectivity index (χ1v) is 9.43. The van der Waals surface area contributed by atoms with Gasteiger partial charge in [0.25, 0.3) is 5.91 Å². The van der Waals surface area contributed by atoms with Gasteiger partial charge >= 0.3 is 0 Å². The molecule has 0 aliphatic carbocycles. The van der Waals surface area contributed by atoms with Crippen LogP contribution in [-0.2, 0) is 17.8 Å². The van der Waals surface area contributed by atoms with Crippen molar-refractivity contribution in [2.24, 2.45) is 0 Å². The molecule has 2 N–H and O–H groups in total. The predicted molar refractivity (Wildman–Crippen MR) is 112 cm³/mol. The summed E-state index contributed by atoms with van der Waals surface area (Å²) in [6.45, 7) is 3.11. The van der Waals surface area contributed by atoms with Gasteiger partial charge in [-0.3, -0.25) is 9.59 Å². The molecule has 4 rings (SSSR count). The molecular formula is C22H21N5O2. The first kappa shape index (κ1) is 18.6. The Balaban J connectivity index is 1.40. The fourth-order valence-electron chi connectivity index (χ4n) is 3.34. The zero-order valence-corrected chi connectivity index (χ0v) is 16.1. The molecule has 0 atom stereocenters. The Morgan fingerprint density at radius 1 is 0.862 bits per heavy atom. The van der Waals surface area contributed by atoms with E-state index in [1.165, 1.54) is 18.1 Å². The number of rotatable bonds is 4. The number of fused-ring (bicyclic) bond motifs is 1. The number of nitrogens with zero attached hydrogens (tertiary/aromatic N) is 3. The highest BCUT2D eigenvalue weighted by Gasteiger charge is 2.18. The summed E-state index contributed by atoms with van der Waals surface area (Å²) in [6, 6.07) is 18.8. The number of carbonyl (C=O) groups excluding carboxylic acids is 2. The fraction of sp³-hybridized carbons (Fsp3) is 0.182. The monoisotopic (exact) mass is 387 g/mol. The van der Waals surface area contributed by atoms with Gasteiger partial charge in [0.2, 0.25) is 5.91 Å². The largest absolute Gasteiger partial charge is 0.350 e. The minimum absolute atomic E-state index is 0.144. The molecule has 0 radical (unpaired) electrons. The lowest BCUT2D eigenvalue weighted by Gasteiger charge is -2.29. The molecule has 1 aromatic heterocycles. The lowest BCUT2D eigenvalue weighted by Crippen LogP contribution is -2.31. The molecule has 3 aromatic rings. The van der Waals surface area contributed by atoms with Crippen molar-refractivity contribution in [2.45, 2.75) is 19.9 Å². The van der Waals surface area contributed by atoms with Crippen LogP contribution in [0.1, 0.15) is 28.5 Å². The molecule has 0 bridgehead atoms. The summed E-state index contributed by atoms with van der Waals surface area (Å²) in [7, 11) is 0. The quantitative estimate of drug-likeness (QED) is 0.718. The highest BCUT2D eigenvalue weighted by molar-refractivity contribution is 6.03. The highest BCUT2D eigenvalue weighted by Crippen LogP contribution is 2.22. The van der Waals surface area contributed by atoms with Crippen LogP contribution in [0.25, 0.3) is 0 Å². The molecule has 2 aromatic carbocycles. The Kier molecular flexibility index (Phi) is 5.20. The van der Waals surface area contributed by atoms with E-state index in [0.717, 1.165) is 25.3 Å². The van der Waals surface area contributed by atoms with Gasteiger partial charge in [0, 0.05) is 31.4 Å². The summed E-state index contributed by atoms with van der Waals surface area (Å²) in [5.41, 5.74) is 4.20. The van der Waals surface area contributed by atoms with E-state index < -0.39 is 0 Å². The van der Waals surface area contributed by atoms with E-state index in [2.05, 4.69) is 43.9 Å². The molecule has 2 amide bonds. The standard InChI is InChI=1S/C22H21N5O2/c1-15(28)23-18-6-8-19(9-7-18)24-22(29)20-10-11-21(26-25-20)27-13-12-16-4-2-3-5-17(16)14-27/h2-11H,12-14H2,1H3,(H,23,28)(H,24,29). The predicted octanol–water partition coefficient (Wildman–Crippen LogP) is 3.25. The molecule has 0 fully saturated rings. The molecule has 2 heterocycles. The number of benzene rings is 2. The molecule has 1 aliphatic heterocycles. The minimum Gasteiger partial charge on any atom is -0.350 e. The van der Waals surface area contributed by atoms with Gasteiger partial charge in [-0.15, -0.1) is 10.2 Å². The summed E-state index contributed by atoms with van der Waals surface area (Å²) in [5, 5.41) is 13.8. The first-order chi connectivity index (χ1) is 14.1. The zero-order valence-electron chi connectivity index (χ0n) is 16.1. The number of aromatic nitrogens is 2. The van der Waals surface area contributed by atoms with Crippen LogP contribution in [0.15, 0.2) is 60.7 Å². The maximum absolute atomic E-state index is 12.4. The summed E-state index contributed by atoms with van der Waals surface area (Å²) in [5.74, 6) is 0.283. The van der Waals surface area contributed by atoms with Crippen LogP contribution in [0, 0.1) is 0 Å². The van der Waals surface area contributed by atoms with Crippen LogP contribution in [0.5, 0.6) is 0 Å². The lowest BCUT2D eigenvalue weighted by atomic mass is 10.00. The summed E-state index contributed by atoms with van der Waals surface area (Å²) in [4.78, 5) is 25.7. The Morgan fingerprint density at radius 2 is 1.55 bits per heavy atom. The van der Waals surface area contributed by atoms with E-state index in [0.29, 0.717) is 11.4 Å². The van der Waals surface area contributed by atoms with Crippen molar-refractivity contribution in [2.75, 3.05) is 22.1 Å². The molecule has 29 heavy (non-hydrogen) atoms. The van der Waals surface area contributed by atoms with Crippen LogP contribution in [0.2, 0.25) is 0 Å². The van der Waals surface area contributed by atoms with Gasteiger partial charge in [0.05, 0.1) is 0 Å². The molecule has 7 nitrogen and oxygen atoms in total. The molecule has 7 heteroatoms. The normalized spacial score (nSPS) is 12.8. The third-order valence-electron chi connectivity index (χ3n) is 4.80. The second-order valence-electron chi connectivity index (χ2n) is 6.93. The SMILES string of the molecule is CC(=O)Nc1ccc(NC(=O)c2ccc(N3CCc4ccccc4C3)nn2)cc1. The first-order valence-electron chi connectivity index (χ1n) is 9.43. The van der Waals surface area contributed by atoms with Gasteiger partial charge in [0.15, 0.2) is 11.5 Å². The van der Waals surface area contributed by atoms with Crippen molar-refractivity contribution >= 4 is 29.0 Å². The van der Waals surface area contributed by atoms with Crippen LogP contribution in [-0.4, -0.2) is 28.6 Å². The molecule has 146 valence electrons. The second kappa shape index (κ2) is 8.10. The molecule has 1 aliphatic rings. The van der Waals surface area contributed by atoms with Crippen LogP contribution < -0.4 is 15.5 Å². The third-order valence-corrected chi connectivity index (χ3v) is 4.80. The van der Waals surface area contributed by atoms with Gasteiger partial charge in [-0.05, 0) is 53.9 Å². The van der Waals surface area contributed by atoms with Gasteiger partial charge in [-0.25, -0.2) is 0 Å². The molecule has 0 spiro atoms. The van der Waals surface area contributed by atoms with Crippen molar-refractivity contribution in [3.63, 3.8) is 0 Å². The Bertz CT molecular complexity index is 1030. The zero-order chi connectivity index (χ0) is 20.2. The number of carbonyl (C=O) groups is 2. The number of anilines is 3. The van der Waals surface area contributed by atoms with Crippen LogP contribution in [0.4, 0.5) is 17.2 Å². The van der Waals surface area contributed by atoms with Crippen molar-refractivity contribution in [3.05, 3.63) is 77.5 Å². The van der Waals surface area contributed by atoms with Crippen molar-refractivity contribution in [3.8, 4) is 0 Å². The average molecular weight is 387 g/mol. The van der Waals surface area contributed by atoms with Crippen molar-refractivity contribution in [1.82, 2.24) is 10.2 Å². The molecule has 0 saturated heterocycles. The minimum atomic E-state index is -0.333. The molecule has 0 unspecified atom stereocenters. The maximum atomic E-state index is 12.4. The van der Waals surface area contributed by atoms with Gasteiger partial charge in [-0.2, -0.15) is 0 Å². The lowest BCUT2D eigenvalue weighted by molar-refractivity contribution is -0.114. The molecular weight excluding hydrogens is 366 g/mol.